The lowest BCUT2D eigenvalue weighted by atomic mass is 10.2. The van der Waals surface area contributed by atoms with Crippen molar-refractivity contribution in [1.82, 2.24) is 10.2 Å². The van der Waals surface area contributed by atoms with Crippen LogP contribution in [0, 0.1) is 0 Å². The molecule has 2 rings (SSSR count). The van der Waals surface area contributed by atoms with Gasteiger partial charge < -0.3 is 15.5 Å². The maximum Gasteiger partial charge on any atom is 0.416 e. The van der Waals surface area contributed by atoms with Gasteiger partial charge in [0.15, 0.2) is 4.99 Å². The number of anilines is 1. The minimum Gasteiger partial charge on any atom is -0.357 e. The van der Waals surface area contributed by atoms with Gasteiger partial charge in [-0.3, -0.25) is 4.79 Å². The summed E-state index contributed by atoms with van der Waals surface area (Å²) in [4.78, 5) is 13.7. The van der Waals surface area contributed by atoms with Gasteiger partial charge in [-0.2, -0.15) is 13.2 Å². The van der Waals surface area contributed by atoms with Crippen LogP contribution in [0.3, 0.4) is 0 Å². The van der Waals surface area contributed by atoms with Gasteiger partial charge in [-0.25, -0.2) is 0 Å². The number of hydrogen-bond acceptors (Lipinski definition) is 4. The minimum atomic E-state index is -4.36. The first-order valence-corrected chi connectivity index (χ1v) is 8.25. The van der Waals surface area contributed by atoms with Crippen LogP contribution in [-0.4, -0.2) is 29.9 Å². The van der Waals surface area contributed by atoms with E-state index >= 15 is 0 Å². The molecule has 1 aliphatic rings. The number of allylic oxidation sites excluding steroid dienone is 1. The van der Waals surface area contributed by atoms with Gasteiger partial charge in [0.2, 0.25) is 0 Å². The van der Waals surface area contributed by atoms with E-state index in [2.05, 4.69) is 10.6 Å². The summed E-state index contributed by atoms with van der Waals surface area (Å²) >= 11 is 1.35. The molecule has 1 aliphatic heterocycles. The predicted molar refractivity (Wildman–Crippen MR) is 90.2 cm³/mol. The number of thioether (sulfide) groups is 1. The number of nitrogens with zero attached hydrogens (tertiary/aromatic N) is 1. The molecule has 0 radical (unpaired) electrons. The average molecular weight is 359 g/mol. The normalized spacial score (nSPS) is 20.8. The molecule has 8 heteroatoms. The van der Waals surface area contributed by atoms with Crippen LogP contribution in [0.15, 0.2) is 34.9 Å². The van der Waals surface area contributed by atoms with Gasteiger partial charge in [0.1, 0.15) is 0 Å². The molecular formula is C16H20F3N3OS. The molecule has 0 spiro atoms. The van der Waals surface area contributed by atoms with E-state index in [9.17, 15) is 18.0 Å². The second kappa shape index (κ2) is 6.58. The molecule has 2 N–H and O–H groups in total. The van der Waals surface area contributed by atoms with Crippen molar-refractivity contribution in [3.63, 3.8) is 0 Å². The number of nitrogens with one attached hydrogen (secondary N) is 2. The van der Waals surface area contributed by atoms with E-state index in [0.717, 1.165) is 17.8 Å². The van der Waals surface area contributed by atoms with E-state index in [1.807, 2.05) is 13.8 Å². The molecule has 1 aromatic carbocycles. The Labute approximate surface area is 143 Å². The summed E-state index contributed by atoms with van der Waals surface area (Å²) in [5.74, 6) is -0.102. The van der Waals surface area contributed by atoms with Crippen LogP contribution in [0.5, 0.6) is 0 Å². The zero-order chi connectivity index (χ0) is 18.1. The Kier molecular flexibility index (Phi) is 5.08. The average Bonchev–Trinajstić information content (AvgIpc) is 2.83. The lowest BCUT2D eigenvalue weighted by molar-refractivity contribution is -0.137. The Balaban J connectivity index is 2.18. The first kappa shape index (κ1) is 18.5. The quantitative estimate of drug-likeness (QED) is 0.857. The third-order valence-electron chi connectivity index (χ3n) is 3.66. The van der Waals surface area contributed by atoms with E-state index in [1.54, 1.807) is 14.1 Å². The predicted octanol–water partition coefficient (Wildman–Crippen LogP) is 3.84. The van der Waals surface area contributed by atoms with E-state index in [-0.39, 0.29) is 5.91 Å². The Bertz CT molecular complexity index is 656. The van der Waals surface area contributed by atoms with Crippen LogP contribution in [0.25, 0.3) is 0 Å². The van der Waals surface area contributed by atoms with Gasteiger partial charge in [0.25, 0.3) is 5.91 Å². The van der Waals surface area contributed by atoms with Crippen LogP contribution >= 0.6 is 11.8 Å². The Morgan fingerprint density at radius 3 is 2.33 bits per heavy atom. The largest absolute Gasteiger partial charge is 0.416 e. The Morgan fingerprint density at radius 2 is 1.88 bits per heavy atom. The van der Waals surface area contributed by atoms with Gasteiger partial charge in [0.05, 0.1) is 10.5 Å². The van der Waals surface area contributed by atoms with Crippen molar-refractivity contribution >= 4 is 23.4 Å². The fourth-order valence-corrected chi connectivity index (χ4v) is 3.66. The highest BCUT2D eigenvalue weighted by molar-refractivity contribution is 8.05. The molecule has 4 nitrogen and oxygen atoms in total. The van der Waals surface area contributed by atoms with Crippen molar-refractivity contribution in [1.29, 1.82) is 0 Å². The van der Waals surface area contributed by atoms with E-state index in [1.165, 1.54) is 28.8 Å². The molecule has 1 amide bonds. The second-order valence-corrected chi connectivity index (χ2v) is 7.07. The maximum atomic E-state index is 12.6. The molecule has 0 saturated heterocycles. The zero-order valence-corrected chi connectivity index (χ0v) is 14.7. The van der Waals surface area contributed by atoms with Crippen molar-refractivity contribution in [3.8, 4) is 0 Å². The summed E-state index contributed by atoms with van der Waals surface area (Å²) in [5.41, 5.74) is 0.611. The maximum absolute atomic E-state index is 12.6. The lowest BCUT2D eigenvalue weighted by Crippen LogP contribution is -2.44. The Morgan fingerprint density at radius 1 is 1.29 bits per heavy atom. The van der Waals surface area contributed by atoms with E-state index in [4.69, 9.17) is 0 Å². The molecule has 0 aliphatic carbocycles. The van der Waals surface area contributed by atoms with Crippen LogP contribution < -0.4 is 10.6 Å². The number of carbonyl (C=O) groups excluding carboxylic acids is 1. The molecule has 0 aromatic heterocycles. The molecule has 132 valence electrons. The SMILES string of the molecule is CCC1(Nc2ccc(C(F)(F)F)cc2)NC(C)=C(C(=O)N(C)C)S1. The van der Waals surface area contributed by atoms with Gasteiger partial charge >= 0.3 is 6.18 Å². The van der Waals surface area contributed by atoms with Crippen LogP contribution in [0.2, 0.25) is 0 Å². The number of likely N-dealkylation sites (N-methyl/N-ethyl adjacent to an activating group) is 1. The van der Waals surface area contributed by atoms with Crippen molar-refractivity contribution < 1.29 is 18.0 Å². The summed E-state index contributed by atoms with van der Waals surface area (Å²) in [5, 5.41) is 6.47. The minimum absolute atomic E-state index is 0.102. The molecule has 1 heterocycles. The number of benzene rings is 1. The number of alkyl halides is 3. The van der Waals surface area contributed by atoms with Gasteiger partial charge in [-0.15, -0.1) is 0 Å². The number of amides is 1. The summed E-state index contributed by atoms with van der Waals surface area (Å²) in [6.07, 6.45) is -3.73. The van der Waals surface area contributed by atoms with Crippen molar-refractivity contribution in [2.45, 2.75) is 31.4 Å². The summed E-state index contributed by atoms with van der Waals surface area (Å²) in [7, 11) is 3.36. The first-order valence-electron chi connectivity index (χ1n) is 7.43. The highest BCUT2D eigenvalue weighted by Crippen LogP contribution is 2.42. The van der Waals surface area contributed by atoms with Crippen molar-refractivity contribution in [2.24, 2.45) is 0 Å². The number of hydrogen-bond donors (Lipinski definition) is 2. The third-order valence-corrected chi connectivity index (χ3v) is 5.19. The topological polar surface area (TPSA) is 44.4 Å². The fourth-order valence-electron chi connectivity index (χ4n) is 2.32. The molecule has 24 heavy (non-hydrogen) atoms. The van der Waals surface area contributed by atoms with Crippen LogP contribution in [-0.2, 0) is 11.0 Å². The monoisotopic (exact) mass is 359 g/mol. The van der Waals surface area contributed by atoms with Crippen molar-refractivity contribution in [2.75, 3.05) is 19.4 Å². The number of carbonyl (C=O) groups is 1. The molecule has 1 atom stereocenters. The van der Waals surface area contributed by atoms with Crippen LogP contribution in [0.4, 0.5) is 18.9 Å². The summed E-state index contributed by atoms with van der Waals surface area (Å²) in [6.45, 7) is 3.75. The van der Waals surface area contributed by atoms with Gasteiger partial charge in [-0.05, 0) is 37.6 Å². The molecule has 0 saturated carbocycles. The molecule has 1 unspecified atom stereocenters. The lowest BCUT2D eigenvalue weighted by Gasteiger charge is -2.31. The van der Waals surface area contributed by atoms with Crippen LogP contribution in [0.1, 0.15) is 25.8 Å². The zero-order valence-electron chi connectivity index (χ0n) is 13.9. The third kappa shape index (κ3) is 3.80. The van der Waals surface area contributed by atoms with Crippen molar-refractivity contribution in [3.05, 3.63) is 40.4 Å². The summed E-state index contributed by atoms with van der Waals surface area (Å²) in [6, 6.07) is 4.86. The second-order valence-electron chi connectivity index (χ2n) is 5.76. The number of halogens is 3. The molecule has 1 aromatic rings. The fraction of sp³-hybridized carbons (Fsp3) is 0.438. The smallest absolute Gasteiger partial charge is 0.357 e. The van der Waals surface area contributed by atoms with E-state index < -0.39 is 16.7 Å². The van der Waals surface area contributed by atoms with E-state index in [0.29, 0.717) is 17.0 Å². The molecule has 0 bridgehead atoms. The Hall–Kier alpha value is -1.83. The molecule has 0 fully saturated rings. The number of rotatable bonds is 4. The molecular weight excluding hydrogens is 339 g/mol. The highest BCUT2D eigenvalue weighted by Gasteiger charge is 2.39. The van der Waals surface area contributed by atoms with Gasteiger partial charge in [0, 0.05) is 25.5 Å². The van der Waals surface area contributed by atoms with Gasteiger partial charge in [-0.1, -0.05) is 18.7 Å². The first-order chi connectivity index (χ1) is 11.1. The highest BCUT2D eigenvalue weighted by atomic mass is 32.2. The standard InChI is InChI=1S/C16H20F3N3OS/c1-5-15(20-10(2)13(24-15)14(23)22(3)4)21-12-8-6-11(7-9-12)16(17,18)19/h6-9,20-21H,5H2,1-4H3. The summed E-state index contributed by atoms with van der Waals surface area (Å²) < 4.78 is 37.9.